The second-order valence-electron chi connectivity index (χ2n) is 6.17. The van der Waals surface area contributed by atoms with Crippen LogP contribution >= 0.6 is 11.6 Å². The SMILES string of the molecule is O=C(CCCN1C(=O)CNC1=O)Nc1ccc(N2CCCC2=O)c(Cl)c1. The first kappa shape index (κ1) is 18.2. The summed E-state index contributed by atoms with van der Waals surface area (Å²) in [7, 11) is 0. The summed E-state index contributed by atoms with van der Waals surface area (Å²) in [5.41, 5.74) is 1.18. The molecule has 0 atom stereocenters. The second kappa shape index (κ2) is 7.74. The highest BCUT2D eigenvalue weighted by molar-refractivity contribution is 6.34. The summed E-state index contributed by atoms with van der Waals surface area (Å²) in [6, 6.07) is 4.60. The molecule has 9 heteroatoms. The fourth-order valence-electron chi connectivity index (χ4n) is 3.01. The number of imide groups is 1. The minimum atomic E-state index is -0.422. The molecule has 0 aliphatic carbocycles. The van der Waals surface area contributed by atoms with Gasteiger partial charge in [-0.3, -0.25) is 19.3 Å². The van der Waals surface area contributed by atoms with E-state index < -0.39 is 6.03 Å². The van der Waals surface area contributed by atoms with Gasteiger partial charge in [-0.25, -0.2) is 4.79 Å². The lowest BCUT2D eigenvalue weighted by Crippen LogP contribution is -2.32. The topological polar surface area (TPSA) is 98.8 Å². The third-order valence-electron chi connectivity index (χ3n) is 4.32. The average molecular weight is 379 g/mol. The smallest absolute Gasteiger partial charge is 0.324 e. The van der Waals surface area contributed by atoms with Crippen LogP contribution in [-0.2, 0) is 14.4 Å². The molecule has 0 unspecified atom stereocenters. The van der Waals surface area contributed by atoms with E-state index in [0.717, 1.165) is 11.3 Å². The minimum Gasteiger partial charge on any atom is -0.329 e. The van der Waals surface area contributed by atoms with Gasteiger partial charge in [0.1, 0.15) is 0 Å². The van der Waals surface area contributed by atoms with Crippen LogP contribution in [0.15, 0.2) is 18.2 Å². The Morgan fingerprint density at radius 3 is 2.65 bits per heavy atom. The maximum absolute atomic E-state index is 12.0. The largest absolute Gasteiger partial charge is 0.329 e. The maximum Gasteiger partial charge on any atom is 0.324 e. The molecule has 26 heavy (non-hydrogen) atoms. The van der Waals surface area contributed by atoms with Gasteiger partial charge in [0, 0.05) is 31.6 Å². The quantitative estimate of drug-likeness (QED) is 0.736. The number of anilines is 2. The molecule has 138 valence electrons. The summed E-state index contributed by atoms with van der Waals surface area (Å²) in [6.07, 6.45) is 1.87. The van der Waals surface area contributed by atoms with Gasteiger partial charge in [-0.2, -0.15) is 0 Å². The van der Waals surface area contributed by atoms with E-state index in [0.29, 0.717) is 35.8 Å². The number of carbonyl (C=O) groups excluding carboxylic acids is 4. The molecule has 2 aliphatic heterocycles. The van der Waals surface area contributed by atoms with E-state index in [1.54, 1.807) is 23.1 Å². The lowest BCUT2D eigenvalue weighted by Gasteiger charge is -2.18. The summed E-state index contributed by atoms with van der Waals surface area (Å²) in [5, 5.41) is 5.56. The van der Waals surface area contributed by atoms with Crippen molar-refractivity contribution in [2.75, 3.05) is 29.9 Å². The number of nitrogens with zero attached hydrogens (tertiary/aromatic N) is 2. The standard InChI is InChI=1S/C17H19ClN4O4/c18-12-9-11(5-6-13(12)21-7-2-4-15(21)24)20-14(23)3-1-8-22-16(25)10-19-17(22)26/h5-6,9H,1-4,7-8,10H2,(H,19,26)(H,20,23). The maximum atomic E-state index is 12.0. The van der Waals surface area contributed by atoms with E-state index in [4.69, 9.17) is 11.6 Å². The van der Waals surface area contributed by atoms with Gasteiger partial charge in [0.2, 0.25) is 17.7 Å². The predicted molar refractivity (Wildman–Crippen MR) is 96.0 cm³/mol. The zero-order chi connectivity index (χ0) is 18.7. The molecule has 0 spiro atoms. The van der Waals surface area contributed by atoms with Crippen molar-refractivity contribution in [2.45, 2.75) is 25.7 Å². The van der Waals surface area contributed by atoms with Crippen LogP contribution in [0.4, 0.5) is 16.2 Å². The van der Waals surface area contributed by atoms with Crippen LogP contribution in [0.2, 0.25) is 5.02 Å². The van der Waals surface area contributed by atoms with Crippen LogP contribution in [0.25, 0.3) is 0 Å². The van der Waals surface area contributed by atoms with Crippen molar-refractivity contribution in [3.05, 3.63) is 23.2 Å². The average Bonchev–Trinajstić information content (AvgIpc) is 3.15. The molecule has 0 saturated carbocycles. The van der Waals surface area contributed by atoms with Crippen molar-refractivity contribution >= 4 is 46.7 Å². The normalized spacial score (nSPS) is 17.0. The van der Waals surface area contributed by atoms with Gasteiger partial charge < -0.3 is 15.5 Å². The summed E-state index contributed by atoms with van der Waals surface area (Å²) in [6.45, 7) is 0.858. The first-order valence-electron chi connectivity index (χ1n) is 8.43. The van der Waals surface area contributed by atoms with Crippen LogP contribution in [0.1, 0.15) is 25.7 Å². The minimum absolute atomic E-state index is 0.00932. The molecule has 1 aromatic rings. The molecule has 0 radical (unpaired) electrons. The molecule has 1 aromatic carbocycles. The summed E-state index contributed by atoms with van der Waals surface area (Å²) >= 11 is 6.25. The van der Waals surface area contributed by atoms with Gasteiger partial charge in [0.15, 0.2) is 0 Å². The number of hydrogen-bond donors (Lipinski definition) is 2. The molecule has 2 saturated heterocycles. The molecular formula is C17H19ClN4O4. The molecule has 2 fully saturated rings. The number of urea groups is 1. The third-order valence-corrected chi connectivity index (χ3v) is 4.62. The highest BCUT2D eigenvalue weighted by atomic mass is 35.5. The van der Waals surface area contributed by atoms with Gasteiger partial charge in [-0.05, 0) is 31.0 Å². The van der Waals surface area contributed by atoms with Gasteiger partial charge in [0.25, 0.3) is 0 Å². The first-order chi connectivity index (χ1) is 12.5. The van der Waals surface area contributed by atoms with Crippen molar-refractivity contribution in [3.8, 4) is 0 Å². The molecule has 0 aromatic heterocycles. The second-order valence-corrected chi connectivity index (χ2v) is 6.58. The van der Waals surface area contributed by atoms with Crippen LogP contribution in [-0.4, -0.2) is 48.3 Å². The highest BCUT2D eigenvalue weighted by Crippen LogP contribution is 2.31. The van der Waals surface area contributed by atoms with E-state index in [2.05, 4.69) is 10.6 Å². The van der Waals surface area contributed by atoms with Crippen LogP contribution in [0, 0.1) is 0 Å². The van der Waals surface area contributed by atoms with Gasteiger partial charge in [-0.15, -0.1) is 0 Å². The monoisotopic (exact) mass is 378 g/mol. The molecule has 8 nitrogen and oxygen atoms in total. The highest BCUT2D eigenvalue weighted by Gasteiger charge is 2.28. The zero-order valence-electron chi connectivity index (χ0n) is 14.1. The number of carbonyl (C=O) groups is 4. The van der Waals surface area contributed by atoms with Crippen molar-refractivity contribution in [3.63, 3.8) is 0 Å². The summed E-state index contributed by atoms with van der Waals surface area (Å²) in [5.74, 6) is -0.475. The number of nitrogens with one attached hydrogen (secondary N) is 2. The molecule has 2 N–H and O–H groups in total. The van der Waals surface area contributed by atoms with E-state index in [-0.39, 0.29) is 37.2 Å². The Labute approximate surface area is 155 Å². The Bertz CT molecular complexity index is 751. The number of rotatable bonds is 6. The summed E-state index contributed by atoms with van der Waals surface area (Å²) < 4.78 is 0. The lowest BCUT2D eigenvalue weighted by molar-refractivity contribution is -0.125. The van der Waals surface area contributed by atoms with Crippen LogP contribution < -0.4 is 15.5 Å². The molecule has 2 heterocycles. The first-order valence-corrected chi connectivity index (χ1v) is 8.81. The van der Waals surface area contributed by atoms with Crippen molar-refractivity contribution in [2.24, 2.45) is 0 Å². The Morgan fingerprint density at radius 1 is 1.23 bits per heavy atom. The number of halogens is 1. The number of hydrogen-bond acceptors (Lipinski definition) is 4. The molecule has 2 aliphatic rings. The fraction of sp³-hybridized carbons (Fsp3) is 0.412. The fourth-order valence-corrected chi connectivity index (χ4v) is 3.29. The molecule has 5 amide bonds. The van der Waals surface area contributed by atoms with Crippen molar-refractivity contribution in [1.82, 2.24) is 10.2 Å². The number of benzene rings is 1. The molecule has 0 bridgehead atoms. The van der Waals surface area contributed by atoms with Crippen LogP contribution in [0.3, 0.4) is 0 Å². The van der Waals surface area contributed by atoms with Crippen LogP contribution in [0.5, 0.6) is 0 Å². The Kier molecular flexibility index (Phi) is 5.41. The van der Waals surface area contributed by atoms with E-state index in [9.17, 15) is 19.2 Å². The third kappa shape index (κ3) is 3.96. The van der Waals surface area contributed by atoms with Gasteiger partial charge >= 0.3 is 6.03 Å². The van der Waals surface area contributed by atoms with Crippen molar-refractivity contribution < 1.29 is 19.2 Å². The van der Waals surface area contributed by atoms with Crippen molar-refractivity contribution in [1.29, 1.82) is 0 Å². The Morgan fingerprint density at radius 2 is 2.04 bits per heavy atom. The lowest BCUT2D eigenvalue weighted by atomic mass is 10.2. The van der Waals surface area contributed by atoms with E-state index in [1.165, 1.54) is 0 Å². The van der Waals surface area contributed by atoms with Gasteiger partial charge in [0.05, 0.1) is 17.3 Å². The Hall–Kier alpha value is -2.61. The van der Waals surface area contributed by atoms with E-state index in [1.807, 2.05) is 0 Å². The van der Waals surface area contributed by atoms with Gasteiger partial charge in [-0.1, -0.05) is 11.6 Å². The predicted octanol–water partition coefficient (Wildman–Crippen LogP) is 1.74. The van der Waals surface area contributed by atoms with E-state index >= 15 is 0 Å². The Balaban J connectivity index is 1.51. The number of amides is 5. The zero-order valence-corrected chi connectivity index (χ0v) is 14.8. The summed E-state index contributed by atoms with van der Waals surface area (Å²) in [4.78, 5) is 49.4. The molecule has 3 rings (SSSR count). The molecular weight excluding hydrogens is 360 g/mol.